The van der Waals surface area contributed by atoms with Crippen molar-refractivity contribution in [2.45, 2.75) is 32.9 Å². The number of nitrogens with zero attached hydrogens (tertiary/aromatic N) is 1. The molecule has 1 aromatic rings. The Labute approximate surface area is 124 Å². The summed E-state index contributed by atoms with van der Waals surface area (Å²) >= 11 is 11.9. The maximum atomic E-state index is 12.3. The van der Waals surface area contributed by atoms with Crippen LogP contribution in [0.15, 0.2) is 18.2 Å². The van der Waals surface area contributed by atoms with E-state index in [4.69, 9.17) is 23.2 Å². The van der Waals surface area contributed by atoms with Crippen LogP contribution in [-0.4, -0.2) is 29.9 Å². The van der Waals surface area contributed by atoms with E-state index in [2.05, 4.69) is 5.32 Å². The topological polar surface area (TPSA) is 32.3 Å². The van der Waals surface area contributed by atoms with E-state index in [9.17, 15) is 4.79 Å². The molecule has 1 rings (SSSR count). The van der Waals surface area contributed by atoms with Gasteiger partial charge in [0, 0.05) is 23.6 Å². The van der Waals surface area contributed by atoms with Crippen molar-refractivity contribution in [1.82, 2.24) is 10.2 Å². The summed E-state index contributed by atoms with van der Waals surface area (Å²) in [6.45, 7) is 6.95. The number of benzene rings is 1. The molecule has 0 heterocycles. The van der Waals surface area contributed by atoms with E-state index in [1.54, 1.807) is 18.0 Å². The van der Waals surface area contributed by atoms with Gasteiger partial charge in [-0.3, -0.25) is 4.79 Å². The number of rotatable bonds is 5. The second kappa shape index (κ2) is 6.60. The highest BCUT2D eigenvalue weighted by atomic mass is 35.5. The second-order valence-electron chi connectivity index (χ2n) is 5.09. The third kappa shape index (κ3) is 4.68. The third-order valence-corrected chi connectivity index (χ3v) is 3.28. The maximum absolute atomic E-state index is 12.3. The van der Waals surface area contributed by atoms with Gasteiger partial charge in [-0.25, -0.2) is 0 Å². The minimum atomic E-state index is -0.578. The molecule has 0 fully saturated rings. The van der Waals surface area contributed by atoms with E-state index in [1.807, 2.05) is 32.9 Å². The lowest BCUT2D eigenvalue weighted by Gasteiger charge is -2.30. The standard InChI is InChI=1S/C14H20Cl2N2O/c1-5-17-14(2,3)13(19)18(4)9-10-6-11(15)8-12(16)7-10/h6-8,17H,5,9H2,1-4H3. The summed E-state index contributed by atoms with van der Waals surface area (Å²) < 4.78 is 0. The number of hydrogen-bond acceptors (Lipinski definition) is 2. The van der Waals surface area contributed by atoms with E-state index in [0.29, 0.717) is 16.6 Å². The lowest BCUT2D eigenvalue weighted by molar-refractivity contribution is -0.136. The monoisotopic (exact) mass is 302 g/mol. The predicted octanol–water partition coefficient (Wildman–Crippen LogP) is 3.34. The van der Waals surface area contributed by atoms with E-state index in [1.165, 1.54) is 0 Å². The maximum Gasteiger partial charge on any atom is 0.242 e. The molecule has 0 saturated heterocycles. The molecule has 19 heavy (non-hydrogen) atoms. The molecule has 5 heteroatoms. The van der Waals surface area contributed by atoms with E-state index in [-0.39, 0.29) is 5.91 Å². The van der Waals surface area contributed by atoms with E-state index >= 15 is 0 Å². The van der Waals surface area contributed by atoms with Gasteiger partial charge in [-0.15, -0.1) is 0 Å². The highest BCUT2D eigenvalue weighted by Gasteiger charge is 2.29. The fraction of sp³-hybridized carbons (Fsp3) is 0.500. The number of likely N-dealkylation sites (N-methyl/N-ethyl adjacent to an activating group) is 2. The van der Waals surface area contributed by atoms with Crippen molar-refractivity contribution < 1.29 is 4.79 Å². The molecule has 106 valence electrons. The first-order valence-corrected chi connectivity index (χ1v) is 6.97. The van der Waals surface area contributed by atoms with Crippen LogP contribution in [0.1, 0.15) is 26.3 Å². The Morgan fingerprint density at radius 3 is 2.26 bits per heavy atom. The molecule has 0 aliphatic heterocycles. The molecule has 0 atom stereocenters. The number of carbonyl (C=O) groups is 1. The number of amides is 1. The van der Waals surface area contributed by atoms with Crippen molar-refractivity contribution in [1.29, 1.82) is 0 Å². The Bertz CT molecular complexity index is 441. The SMILES string of the molecule is CCNC(C)(C)C(=O)N(C)Cc1cc(Cl)cc(Cl)c1. The first-order chi connectivity index (χ1) is 8.76. The molecule has 0 saturated carbocycles. The average molecular weight is 303 g/mol. The molecule has 0 unspecified atom stereocenters. The number of nitrogens with one attached hydrogen (secondary N) is 1. The number of hydrogen-bond donors (Lipinski definition) is 1. The Morgan fingerprint density at radius 2 is 1.79 bits per heavy atom. The summed E-state index contributed by atoms with van der Waals surface area (Å²) in [5.74, 6) is 0.0328. The van der Waals surface area contributed by atoms with Gasteiger partial charge in [0.2, 0.25) is 5.91 Å². The molecule has 0 aliphatic rings. The van der Waals surface area contributed by atoms with Gasteiger partial charge in [0.15, 0.2) is 0 Å². The molecular formula is C14H20Cl2N2O. The normalized spacial score (nSPS) is 11.5. The van der Waals surface area contributed by atoms with Crippen LogP contribution in [0.4, 0.5) is 0 Å². The summed E-state index contributed by atoms with van der Waals surface area (Å²) in [4.78, 5) is 14.0. The van der Waals surface area contributed by atoms with Crippen LogP contribution in [0, 0.1) is 0 Å². The van der Waals surface area contributed by atoms with Crippen molar-refractivity contribution in [3.63, 3.8) is 0 Å². The molecular weight excluding hydrogens is 283 g/mol. The molecule has 0 bridgehead atoms. The number of halogens is 2. The summed E-state index contributed by atoms with van der Waals surface area (Å²) in [5.41, 5.74) is 0.340. The minimum Gasteiger partial charge on any atom is -0.340 e. The smallest absolute Gasteiger partial charge is 0.242 e. The van der Waals surface area contributed by atoms with Crippen LogP contribution in [0.2, 0.25) is 10.0 Å². The van der Waals surface area contributed by atoms with E-state index in [0.717, 1.165) is 12.1 Å². The van der Waals surface area contributed by atoms with Gasteiger partial charge in [-0.05, 0) is 44.2 Å². The van der Waals surface area contributed by atoms with Crippen LogP contribution >= 0.6 is 23.2 Å². The lowest BCUT2D eigenvalue weighted by Crippen LogP contribution is -2.52. The van der Waals surface area contributed by atoms with Crippen molar-refractivity contribution in [3.8, 4) is 0 Å². The van der Waals surface area contributed by atoms with Crippen LogP contribution < -0.4 is 5.32 Å². The zero-order valence-electron chi connectivity index (χ0n) is 11.8. The third-order valence-electron chi connectivity index (χ3n) is 2.84. The summed E-state index contributed by atoms with van der Waals surface area (Å²) in [6.07, 6.45) is 0. The van der Waals surface area contributed by atoms with Crippen molar-refractivity contribution >= 4 is 29.1 Å². The van der Waals surface area contributed by atoms with E-state index < -0.39 is 5.54 Å². The van der Waals surface area contributed by atoms with Crippen molar-refractivity contribution in [2.75, 3.05) is 13.6 Å². The average Bonchev–Trinajstić information content (AvgIpc) is 2.26. The highest BCUT2D eigenvalue weighted by molar-refractivity contribution is 6.34. The Kier molecular flexibility index (Phi) is 5.65. The molecule has 1 N–H and O–H groups in total. The summed E-state index contributed by atoms with van der Waals surface area (Å²) in [6, 6.07) is 5.31. The quantitative estimate of drug-likeness (QED) is 0.905. The first-order valence-electron chi connectivity index (χ1n) is 6.22. The Hall–Kier alpha value is -0.770. The van der Waals surface area contributed by atoms with Gasteiger partial charge in [0.05, 0.1) is 5.54 Å². The molecule has 0 spiro atoms. The minimum absolute atomic E-state index is 0.0328. The predicted molar refractivity (Wildman–Crippen MR) is 80.7 cm³/mol. The molecule has 1 aromatic carbocycles. The summed E-state index contributed by atoms with van der Waals surface area (Å²) in [7, 11) is 1.77. The summed E-state index contributed by atoms with van der Waals surface area (Å²) in [5, 5.41) is 4.32. The molecule has 0 radical (unpaired) electrons. The van der Waals surface area contributed by atoms with Gasteiger partial charge < -0.3 is 10.2 Å². The van der Waals surface area contributed by atoms with Crippen LogP contribution in [0.25, 0.3) is 0 Å². The molecule has 0 aromatic heterocycles. The van der Waals surface area contributed by atoms with Crippen LogP contribution in [-0.2, 0) is 11.3 Å². The Morgan fingerprint density at radius 1 is 1.26 bits per heavy atom. The first kappa shape index (κ1) is 16.3. The van der Waals surface area contributed by atoms with Gasteiger partial charge >= 0.3 is 0 Å². The lowest BCUT2D eigenvalue weighted by atomic mass is 10.0. The van der Waals surface area contributed by atoms with Crippen LogP contribution in [0.5, 0.6) is 0 Å². The van der Waals surface area contributed by atoms with Gasteiger partial charge in [-0.1, -0.05) is 30.1 Å². The van der Waals surface area contributed by atoms with Crippen LogP contribution in [0.3, 0.4) is 0 Å². The highest BCUT2D eigenvalue weighted by Crippen LogP contribution is 2.20. The van der Waals surface area contributed by atoms with Gasteiger partial charge in [0.25, 0.3) is 0 Å². The molecule has 1 amide bonds. The zero-order valence-corrected chi connectivity index (χ0v) is 13.3. The molecule has 0 aliphatic carbocycles. The van der Waals surface area contributed by atoms with Gasteiger partial charge in [0.1, 0.15) is 0 Å². The van der Waals surface area contributed by atoms with Crippen molar-refractivity contribution in [3.05, 3.63) is 33.8 Å². The fourth-order valence-electron chi connectivity index (χ4n) is 2.04. The Balaban J connectivity index is 2.79. The largest absolute Gasteiger partial charge is 0.340 e. The fourth-order valence-corrected chi connectivity index (χ4v) is 2.61. The van der Waals surface area contributed by atoms with Crippen molar-refractivity contribution in [2.24, 2.45) is 0 Å². The number of carbonyl (C=O) groups excluding carboxylic acids is 1. The molecule has 3 nitrogen and oxygen atoms in total. The zero-order chi connectivity index (χ0) is 14.6. The van der Waals surface area contributed by atoms with Gasteiger partial charge in [-0.2, -0.15) is 0 Å². The second-order valence-corrected chi connectivity index (χ2v) is 5.97.